The van der Waals surface area contributed by atoms with Crippen molar-refractivity contribution in [2.45, 2.75) is 46.0 Å². The van der Waals surface area contributed by atoms with Crippen molar-refractivity contribution in [3.63, 3.8) is 0 Å². The number of nitrogens with one attached hydrogen (secondary N) is 2. The minimum absolute atomic E-state index is 0. The van der Waals surface area contributed by atoms with Gasteiger partial charge in [-0.1, -0.05) is 36.8 Å². The molecule has 5 nitrogen and oxygen atoms in total. The number of aliphatic imine (C=N–C) groups is 1. The standard InChI is InChI=1S/C22H37N3O2.HI/c1-4-23-22(25-16-19(3)21-8-6-18(2)7-9-21)24-12-5-13-27-17-20-10-14-26-15-11-20;/h6-9,19-20H,4-5,10-17H2,1-3H3,(H2,23,24,25);1H. The molecule has 1 unspecified atom stereocenters. The van der Waals surface area contributed by atoms with E-state index in [-0.39, 0.29) is 24.0 Å². The Morgan fingerprint density at radius 1 is 1.21 bits per heavy atom. The van der Waals surface area contributed by atoms with Crippen LogP contribution in [0.15, 0.2) is 29.3 Å². The molecule has 1 saturated heterocycles. The maximum atomic E-state index is 5.82. The van der Waals surface area contributed by atoms with Crippen LogP contribution in [0.25, 0.3) is 0 Å². The number of ether oxygens (including phenoxy) is 2. The number of guanidine groups is 1. The first-order chi connectivity index (χ1) is 13.2. The predicted molar refractivity (Wildman–Crippen MR) is 128 cm³/mol. The van der Waals surface area contributed by atoms with E-state index in [9.17, 15) is 0 Å². The third-order valence-corrected chi connectivity index (χ3v) is 4.97. The molecule has 0 saturated carbocycles. The molecule has 0 aromatic heterocycles. The van der Waals surface area contributed by atoms with Crippen LogP contribution in [0, 0.1) is 12.8 Å². The molecule has 0 amide bonds. The van der Waals surface area contributed by atoms with Gasteiger partial charge in [-0.15, -0.1) is 24.0 Å². The van der Waals surface area contributed by atoms with Crippen LogP contribution >= 0.6 is 24.0 Å². The highest BCUT2D eigenvalue weighted by molar-refractivity contribution is 14.0. The molecule has 28 heavy (non-hydrogen) atoms. The monoisotopic (exact) mass is 503 g/mol. The van der Waals surface area contributed by atoms with Gasteiger partial charge in [-0.25, -0.2) is 0 Å². The molecule has 0 radical (unpaired) electrons. The molecular weight excluding hydrogens is 465 g/mol. The van der Waals surface area contributed by atoms with E-state index < -0.39 is 0 Å². The maximum absolute atomic E-state index is 5.82. The predicted octanol–water partition coefficient (Wildman–Crippen LogP) is 4.10. The van der Waals surface area contributed by atoms with Gasteiger partial charge in [0, 0.05) is 52.0 Å². The molecule has 1 fully saturated rings. The number of halogens is 1. The Bertz CT molecular complexity index is 545. The van der Waals surface area contributed by atoms with Crippen molar-refractivity contribution in [3.8, 4) is 0 Å². The molecule has 2 N–H and O–H groups in total. The SMILES string of the molecule is CCNC(=NCC(C)c1ccc(C)cc1)NCCCOCC1CCOCC1.I. The molecule has 1 aliphatic heterocycles. The number of aryl methyl sites for hydroxylation is 1. The van der Waals surface area contributed by atoms with E-state index in [0.29, 0.717) is 11.8 Å². The second kappa shape index (κ2) is 15.0. The topological polar surface area (TPSA) is 54.9 Å². The van der Waals surface area contributed by atoms with Gasteiger partial charge in [-0.3, -0.25) is 4.99 Å². The zero-order valence-corrected chi connectivity index (χ0v) is 20.0. The summed E-state index contributed by atoms with van der Waals surface area (Å²) in [6.07, 6.45) is 3.25. The molecule has 0 aliphatic carbocycles. The zero-order valence-electron chi connectivity index (χ0n) is 17.7. The Labute approximate surface area is 188 Å². The summed E-state index contributed by atoms with van der Waals surface area (Å²) in [7, 11) is 0. The first kappa shape index (κ1) is 25.2. The van der Waals surface area contributed by atoms with Crippen molar-refractivity contribution >= 4 is 29.9 Å². The highest BCUT2D eigenvalue weighted by Gasteiger charge is 2.13. The van der Waals surface area contributed by atoms with E-state index in [1.54, 1.807) is 0 Å². The van der Waals surface area contributed by atoms with Crippen LogP contribution in [0.5, 0.6) is 0 Å². The third kappa shape index (κ3) is 10.1. The highest BCUT2D eigenvalue weighted by atomic mass is 127. The van der Waals surface area contributed by atoms with Crippen LogP contribution < -0.4 is 10.6 Å². The van der Waals surface area contributed by atoms with Crippen molar-refractivity contribution in [2.24, 2.45) is 10.9 Å². The Balaban J connectivity index is 0.00000392. The number of hydrogen-bond acceptors (Lipinski definition) is 3. The Kier molecular flexibility index (Phi) is 13.5. The Hall–Kier alpha value is -0.860. The van der Waals surface area contributed by atoms with Gasteiger partial charge in [0.25, 0.3) is 0 Å². The minimum Gasteiger partial charge on any atom is -0.381 e. The summed E-state index contributed by atoms with van der Waals surface area (Å²) in [5.41, 5.74) is 2.63. The lowest BCUT2D eigenvalue weighted by atomic mass is 10.0. The summed E-state index contributed by atoms with van der Waals surface area (Å²) in [5.74, 6) is 1.97. The van der Waals surface area contributed by atoms with Gasteiger partial charge in [-0.2, -0.15) is 0 Å². The fraction of sp³-hybridized carbons (Fsp3) is 0.682. The van der Waals surface area contributed by atoms with Crippen LogP contribution in [0.1, 0.15) is 50.2 Å². The minimum atomic E-state index is 0. The van der Waals surface area contributed by atoms with E-state index in [4.69, 9.17) is 14.5 Å². The summed E-state index contributed by atoms with van der Waals surface area (Å²) in [5, 5.41) is 6.74. The van der Waals surface area contributed by atoms with Crippen molar-refractivity contribution in [2.75, 3.05) is 46.1 Å². The largest absolute Gasteiger partial charge is 0.381 e. The molecule has 1 aromatic carbocycles. The van der Waals surface area contributed by atoms with Crippen LogP contribution in [0.3, 0.4) is 0 Å². The average molecular weight is 503 g/mol. The lowest BCUT2D eigenvalue weighted by Crippen LogP contribution is -2.38. The molecule has 160 valence electrons. The first-order valence-electron chi connectivity index (χ1n) is 10.4. The summed E-state index contributed by atoms with van der Waals surface area (Å²) >= 11 is 0. The number of rotatable bonds is 10. The normalized spacial score (nSPS) is 16.3. The number of benzene rings is 1. The van der Waals surface area contributed by atoms with Crippen LogP contribution in [0.2, 0.25) is 0 Å². The number of nitrogens with zero attached hydrogens (tertiary/aromatic N) is 1. The van der Waals surface area contributed by atoms with Crippen LogP contribution in [-0.2, 0) is 9.47 Å². The fourth-order valence-electron chi connectivity index (χ4n) is 3.11. The fourth-order valence-corrected chi connectivity index (χ4v) is 3.11. The van der Waals surface area contributed by atoms with Gasteiger partial charge < -0.3 is 20.1 Å². The van der Waals surface area contributed by atoms with Gasteiger partial charge >= 0.3 is 0 Å². The number of hydrogen-bond donors (Lipinski definition) is 2. The van der Waals surface area contributed by atoms with Crippen molar-refractivity contribution in [1.82, 2.24) is 10.6 Å². The van der Waals surface area contributed by atoms with E-state index in [0.717, 1.165) is 71.3 Å². The van der Waals surface area contributed by atoms with Crippen molar-refractivity contribution in [1.29, 1.82) is 0 Å². The second-order valence-electron chi connectivity index (χ2n) is 7.44. The van der Waals surface area contributed by atoms with Crippen molar-refractivity contribution < 1.29 is 9.47 Å². The third-order valence-electron chi connectivity index (χ3n) is 4.97. The lowest BCUT2D eigenvalue weighted by molar-refractivity contribution is 0.0203. The van der Waals surface area contributed by atoms with Crippen LogP contribution in [0.4, 0.5) is 0 Å². The Morgan fingerprint density at radius 2 is 1.93 bits per heavy atom. The van der Waals surface area contributed by atoms with Gasteiger partial charge in [-0.05, 0) is 44.6 Å². The highest BCUT2D eigenvalue weighted by Crippen LogP contribution is 2.16. The van der Waals surface area contributed by atoms with Gasteiger partial charge in [0.2, 0.25) is 0 Å². The first-order valence-corrected chi connectivity index (χ1v) is 10.4. The van der Waals surface area contributed by atoms with E-state index in [1.807, 2.05) is 0 Å². The molecule has 0 spiro atoms. The summed E-state index contributed by atoms with van der Waals surface area (Å²) < 4.78 is 11.2. The Morgan fingerprint density at radius 3 is 2.61 bits per heavy atom. The van der Waals surface area contributed by atoms with Gasteiger partial charge in [0.1, 0.15) is 0 Å². The van der Waals surface area contributed by atoms with Gasteiger partial charge in [0.15, 0.2) is 5.96 Å². The second-order valence-corrected chi connectivity index (χ2v) is 7.44. The van der Waals surface area contributed by atoms with Crippen LogP contribution in [-0.4, -0.2) is 52.0 Å². The molecule has 1 heterocycles. The smallest absolute Gasteiger partial charge is 0.191 e. The summed E-state index contributed by atoms with van der Waals surface area (Å²) in [6, 6.07) is 8.73. The molecule has 1 aromatic rings. The average Bonchev–Trinajstić information content (AvgIpc) is 2.69. The van der Waals surface area contributed by atoms with Gasteiger partial charge in [0.05, 0.1) is 0 Å². The van der Waals surface area contributed by atoms with E-state index in [2.05, 4.69) is 55.7 Å². The zero-order chi connectivity index (χ0) is 19.3. The molecular formula is C22H38IN3O2. The molecule has 6 heteroatoms. The van der Waals surface area contributed by atoms with E-state index in [1.165, 1.54) is 11.1 Å². The lowest BCUT2D eigenvalue weighted by Gasteiger charge is -2.21. The summed E-state index contributed by atoms with van der Waals surface area (Å²) in [4.78, 5) is 4.74. The maximum Gasteiger partial charge on any atom is 0.191 e. The summed E-state index contributed by atoms with van der Waals surface area (Å²) in [6.45, 7) is 12.4. The molecule has 1 atom stereocenters. The molecule has 2 rings (SSSR count). The van der Waals surface area contributed by atoms with E-state index >= 15 is 0 Å². The quantitative estimate of drug-likeness (QED) is 0.219. The van der Waals surface area contributed by atoms with Crippen molar-refractivity contribution in [3.05, 3.63) is 35.4 Å². The molecule has 0 bridgehead atoms. The molecule has 1 aliphatic rings.